The second kappa shape index (κ2) is 7.14. The molecule has 3 heterocycles. The molecule has 2 N–H and O–H groups in total. The lowest BCUT2D eigenvalue weighted by molar-refractivity contribution is -0.113. The largest absolute Gasteiger partial charge is 0.375 e. The van der Waals surface area contributed by atoms with Gasteiger partial charge in [0.25, 0.3) is 5.56 Å². The molecule has 2 aliphatic heterocycles. The van der Waals surface area contributed by atoms with Gasteiger partial charge in [-0.15, -0.1) is 11.8 Å². The smallest absolute Gasteiger partial charge is 0.270 e. The van der Waals surface area contributed by atoms with Gasteiger partial charge in [-0.3, -0.25) is 19.4 Å². The van der Waals surface area contributed by atoms with Crippen LogP contribution in [0.2, 0.25) is 0 Å². The van der Waals surface area contributed by atoms with Crippen molar-refractivity contribution < 1.29 is 9.53 Å². The Labute approximate surface area is 170 Å². The molecule has 0 spiro atoms. The minimum Gasteiger partial charge on any atom is -0.375 e. The summed E-state index contributed by atoms with van der Waals surface area (Å²) in [6, 6.07) is 7.99. The summed E-state index contributed by atoms with van der Waals surface area (Å²) in [4.78, 5) is 25.3. The molecule has 0 radical (unpaired) electrons. The molecule has 1 aromatic carbocycles. The fourth-order valence-corrected chi connectivity index (χ4v) is 5.40. The Balaban J connectivity index is 1.81. The third-order valence-corrected chi connectivity index (χ3v) is 6.81. The van der Waals surface area contributed by atoms with Gasteiger partial charge < -0.3 is 10.1 Å². The van der Waals surface area contributed by atoms with Gasteiger partial charge in [-0.2, -0.15) is 0 Å². The molecule has 144 valence electrons. The SMILES string of the molecule is CC1(C)CC(n2[nH]c(=O)c3c2NC(=O)CSC3c2cccc(Br)c2)CCO1. The van der Waals surface area contributed by atoms with Crippen LogP contribution in [-0.4, -0.2) is 33.6 Å². The van der Waals surface area contributed by atoms with Crippen molar-refractivity contribution in [3.05, 3.63) is 50.2 Å². The number of H-pyrrole nitrogens is 1. The van der Waals surface area contributed by atoms with E-state index in [1.165, 1.54) is 11.8 Å². The van der Waals surface area contributed by atoms with Crippen molar-refractivity contribution in [2.24, 2.45) is 0 Å². The number of nitrogens with zero attached hydrogens (tertiary/aromatic N) is 1. The number of carbonyl (C=O) groups is 1. The molecule has 27 heavy (non-hydrogen) atoms. The van der Waals surface area contributed by atoms with Crippen molar-refractivity contribution >= 4 is 39.4 Å². The lowest BCUT2D eigenvalue weighted by Gasteiger charge is -2.36. The molecule has 1 amide bonds. The van der Waals surface area contributed by atoms with Crippen molar-refractivity contribution in [3.8, 4) is 0 Å². The van der Waals surface area contributed by atoms with E-state index < -0.39 is 0 Å². The van der Waals surface area contributed by atoms with Gasteiger partial charge in [-0.1, -0.05) is 28.1 Å². The summed E-state index contributed by atoms with van der Waals surface area (Å²) >= 11 is 4.98. The number of carbonyl (C=O) groups excluding carboxylic acids is 1. The van der Waals surface area contributed by atoms with Gasteiger partial charge in [0.05, 0.1) is 28.2 Å². The first-order valence-corrected chi connectivity index (χ1v) is 10.8. The van der Waals surface area contributed by atoms with Crippen LogP contribution in [0, 0.1) is 0 Å². The molecule has 4 rings (SSSR count). The Kier molecular flexibility index (Phi) is 4.98. The van der Waals surface area contributed by atoms with Crippen LogP contribution in [-0.2, 0) is 9.53 Å². The Bertz CT molecular complexity index is 937. The third-order valence-electron chi connectivity index (χ3n) is 5.05. The van der Waals surface area contributed by atoms with E-state index in [0.29, 0.717) is 23.7 Å². The maximum absolute atomic E-state index is 12.9. The predicted octanol–water partition coefficient (Wildman–Crippen LogP) is 3.84. The van der Waals surface area contributed by atoms with Gasteiger partial charge in [-0.25, -0.2) is 0 Å². The first-order chi connectivity index (χ1) is 12.8. The summed E-state index contributed by atoms with van der Waals surface area (Å²) < 4.78 is 8.62. The number of amides is 1. The summed E-state index contributed by atoms with van der Waals surface area (Å²) in [6.45, 7) is 4.74. The molecule has 8 heteroatoms. The lowest BCUT2D eigenvalue weighted by Crippen LogP contribution is -2.36. The van der Waals surface area contributed by atoms with Gasteiger partial charge in [0, 0.05) is 11.1 Å². The van der Waals surface area contributed by atoms with Crippen LogP contribution in [0.25, 0.3) is 0 Å². The van der Waals surface area contributed by atoms with Crippen LogP contribution in [0.1, 0.15) is 49.1 Å². The second-order valence-electron chi connectivity index (χ2n) is 7.62. The van der Waals surface area contributed by atoms with E-state index in [1.54, 1.807) is 0 Å². The number of thioether (sulfide) groups is 1. The summed E-state index contributed by atoms with van der Waals surface area (Å²) in [5.74, 6) is 0.824. The van der Waals surface area contributed by atoms with Crippen molar-refractivity contribution in [2.75, 3.05) is 17.7 Å². The normalized spacial score (nSPS) is 24.8. The Morgan fingerprint density at radius 2 is 2.15 bits per heavy atom. The van der Waals surface area contributed by atoms with Gasteiger partial charge in [0.15, 0.2) is 0 Å². The molecule has 0 saturated carbocycles. The number of hydrogen-bond acceptors (Lipinski definition) is 4. The van der Waals surface area contributed by atoms with Crippen molar-refractivity contribution in [1.82, 2.24) is 9.78 Å². The number of anilines is 1. The first kappa shape index (κ1) is 18.8. The minimum atomic E-state index is -0.260. The Morgan fingerprint density at radius 3 is 2.89 bits per heavy atom. The zero-order valence-corrected chi connectivity index (χ0v) is 17.7. The first-order valence-electron chi connectivity index (χ1n) is 8.99. The molecule has 2 aromatic rings. The molecule has 6 nitrogen and oxygen atoms in total. The molecule has 2 atom stereocenters. The van der Waals surface area contributed by atoms with E-state index >= 15 is 0 Å². The number of halogens is 1. The van der Waals surface area contributed by atoms with Crippen LogP contribution < -0.4 is 10.9 Å². The molecule has 1 aromatic heterocycles. The number of aromatic amines is 1. The number of nitrogens with one attached hydrogen (secondary N) is 2. The highest BCUT2D eigenvalue weighted by Crippen LogP contribution is 2.42. The quantitative estimate of drug-likeness (QED) is 0.726. The van der Waals surface area contributed by atoms with E-state index in [2.05, 4.69) is 40.2 Å². The van der Waals surface area contributed by atoms with E-state index in [9.17, 15) is 9.59 Å². The van der Waals surface area contributed by atoms with Gasteiger partial charge >= 0.3 is 0 Å². The van der Waals surface area contributed by atoms with Crippen LogP contribution in [0.15, 0.2) is 33.5 Å². The van der Waals surface area contributed by atoms with Gasteiger partial charge in [0.1, 0.15) is 5.82 Å². The second-order valence-corrected chi connectivity index (χ2v) is 9.63. The maximum Gasteiger partial charge on any atom is 0.270 e. The number of ether oxygens (including phenoxy) is 1. The van der Waals surface area contributed by atoms with Crippen LogP contribution >= 0.6 is 27.7 Å². The summed E-state index contributed by atoms with van der Waals surface area (Å²) in [7, 11) is 0. The highest BCUT2D eigenvalue weighted by atomic mass is 79.9. The van der Waals surface area contributed by atoms with Crippen molar-refractivity contribution in [3.63, 3.8) is 0 Å². The molecule has 2 aliphatic rings. The van der Waals surface area contributed by atoms with Crippen molar-refractivity contribution in [1.29, 1.82) is 0 Å². The average molecular weight is 452 g/mol. The van der Waals surface area contributed by atoms with E-state index in [-0.39, 0.29) is 28.4 Å². The lowest BCUT2D eigenvalue weighted by atomic mass is 9.94. The fraction of sp³-hybridized carbons (Fsp3) is 0.474. The molecule has 1 fully saturated rings. The molecule has 1 saturated heterocycles. The summed E-state index contributed by atoms with van der Waals surface area (Å²) in [5, 5.41) is 5.76. The zero-order chi connectivity index (χ0) is 19.2. The van der Waals surface area contributed by atoms with E-state index in [4.69, 9.17) is 4.74 Å². The highest BCUT2D eigenvalue weighted by molar-refractivity contribution is 9.10. The fourth-order valence-electron chi connectivity index (χ4n) is 3.87. The molecular weight excluding hydrogens is 430 g/mol. The monoisotopic (exact) mass is 451 g/mol. The zero-order valence-electron chi connectivity index (χ0n) is 15.3. The van der Waals surface area contributed by atoms with Crippen LogP contribution in [0.4, 0.5) is 5.82 Å². The van der Waals surface area contributed by atoms with E-state index in [1.807, 2.05) is 28.9 Å². The molecule has 0 bridgehead atoms. The summed E-state index contributed by atoms with van der Waals surface area (Å²) in [6.07, 6.45) is 1.57. The maximum atomic E-state index is 12.9. The number of aromatic nitrogens is 2. The Hall–Kier alpha value is -1.51. The number of benzene rings is 1. The topological polar surface area (TPSA) is 76.1 Å². The van der Waals surface area contributed by atoms with Gasteiger partial charge in [0.2, 0.25) is 5.91 Å². The van der Waals surface area contributed by atoms with Crippen molar-refractivity contribution in [2.45, 2.75) is 43.6 Å². The molecule has 0 aliphatic carbocycles. The van der Waals surface area contributed by atoms with Crippen LogP contribution in [0.3, 0.4) is 0 Å². The van der Waals surface area contributed by atoms with Gasteiger partial charge in [-0.05, 0) is 44.4 Å². The number of hydrogen-bond donors (Lipinski definition) is 2. The molecule has 2 unspecified atom stereocenters. The number of rotatable bonds is 2. The predicted molar refractivity (Wildman–Crippen MR) is 110 cm³/mol. The third kappa shape index (κ3) is 3.75. The molecular formula is C19H22BrN3O3S. The summed E-state index contributed by atoms with van der Waals surface area (Å²) in [5.41, 5.74) is 1.22. The van der Waals surface area contributed by atoms with E-state index in [0.717, 1.165) is 22.9 Å². The minimum absolute atomic E-state index is 0.0803. The van der Waals surface area contributed by atoms with Crippen LogP contribution in [0.5, 0.6) is 0 Å². The average Bonchev–Trinajstić information content (AvgIpc) is 2.80. The standard InChI is InChI=1S/C19H22BrN3O3S/c1-19(2)9-13(6-7-26-19)23-17-15(18(25)22-23)16(27-10-14(24)21-17)11-4-3-5-12(20)8-11/h3-5,8,13,16H,6-7,9-10H2,1-2H3,(H,21,24)(H,22,25). The number of fused-ring (bicyclic) bond motifs is 1. The highest BCUT2D eigenvalue weighted by Gasteiger charge is 2.35. The Morgan fingerprint density at radius 1 is 1.33 bits per heavy atom.